The summed E-state index contributed by atoms with van der Waals surface area (Å²) in [7, 11) is 3.34. The van der Waals surface area contributed by atoms with Crippen LogP contribution in [-0.2, 0) is 4.79 Å². The van der Waals surface area contributed by atoms with E-state index < -0.39 is 0 Å². The molecule has 2 fully saturated rings. The van der Waals surface area contributed by atoms with Crippen molar-refractivity contribution in [3.05, 3.63) is 35.4 Å². The van der Waals surface area contributed by atoms with Crippen molar-refractivity contribution in [1.82, 2.24) is 25.3 Å². The van der Waals surface area contributed by atoms with E-state index in [9.17, 15) is 9.59 Å². The molecule has 2 heterocycles. The summed E-state index contributed by atoms with van der Waals surface area (Å²) in [6.45, 7) is 9.44. The topological polar surface area (TPSA) is 67.9 Å². The lowest BCUT2D eigenvalue weighted by molar-refractivity contribution is -0.140. The molecule has 2 N–H and O–H groups in total. The van der Waals surface area contributed by atoms with Gasteiger partial charge in [-0.2, -0.15) is 0 Å². The highest BCUT2D eigenvalue weighted by Crippen LogP contribution is 2.34. The SMILES string of the molecule is CCN(CC)CCSC1NC(c2ccccc2C)NC2C1C(=O)N(C)C(=O)N2C. The minimum absolute atomic E-state index is 0.0769. The minimum atomic E-state index is -0.331. The standard InChI is InChI=1S/C21H33N5O2S/c1-6-26(7-2)12-13-29-19-16-18(24(4)21(28)25(5)20(16)27)22-17(23-19)15-11-9-8-10-14(15)3/h8-11,16-19,22-23H,6-7,12-13H2,1-5H3. The summed E-state index contributed by atoms with van der Waals surface area (Å²) in [6.07, 6.45) is -0.446. The number of urea groups is 1. The maximum absolute atomic E-state index is 13.0. The van der Waals surface area contributed by atoms with Gasteiger partial charge in [0, 0.05) is 26.4 Å². The molecule has 160 valence electrons. The molecular weight excluding hydrogens is 386 g/mol. The second kappa shape index (κ2) is 9.47. The molecule has 0 saturated carbocycles. The molecule has 7 nitrogen and oxygen atoms in total. The molecule has 0 bridgehead atoms. The fraction of sp³-hybridized carbons (Fsp3) is 0.619. The summed E-state index contributed by atoms with van der Waals surface area (Å²) in [5.41, 5.74) is 2.32. The number of aryl methyl sites for hydroxylation is 1. The molecule has 0 radical (unpaired) electrons. The first-order valence-corrected chi connectivity index (χ1v) is 11.4. The lowest BCUT2D eigenvalue weighted by atomic mass is 9.95. The third-order valence-corrected chi connectivity index (χ3v) is 7.26. The zero-order valence-corrected chi connectivity index (χ0v) is 18.8. The predicted molar refractivity (Wildman–Crippen MR) is 117 cm³/mol. The van der Waals surface area contributed by atoms with Crippen LogP contribution in [0.3, 0.4) is 0 Å². The van der Waals surface area contributed by atoms with Crippen LogP contribution < -0.4 is 10.6 Å². The minimum Gasteiger partial charge on any atom is -0.311 e. The normalized spacial score (nSPS) is 27.5. The van der Waals surface area contributed by atoms with Gasteiger partial charge < -0.3 is 9.80 Å². The first kappa shape index (κ1) is 22.1. The highest BCUT2D eigenvalue weighted by molar-refractivity contribution is 7.99. The molecule has 0 aliphatic carbocycles. The Labute approximate surface area is 178 Å². The average molecular weight is 420 g/mol. The van der Waals surface area contributed by atoms with Crippen LogP contribution in [0.5, 0.6) is 0 Å². The lowest BCUT2D eigenvalue weighted by Crippen LogP contribution is -2.72. The fourth-order valence-electron chi connectivity index (χ4n) is 4.14. The van der Waals surface area contributed by atoms with Crippen LogP contribution in [0.4, 0.5) is 4.79 Å². The third kappa shape index (κ3) is 4.45. The Morgan fingerprint density at radius 1 is 1.10 bits per heavy atom. The lowest BCUT2D eigenvalue weighted by Gasteiger charge is -2.50. The molecule has 8 heteroatoms. The smallest absolute Gasteiger partial charge is 0.311 e. The van der Waals surface area contributed by atoms with E-state index in [1.165, 1.54) is 10.5 Å². The number of hydrogen-bond donors (Lipinski definition) is 2. The Morgan fingerprint density at radius 2 is 1.79 bits per heavy atom. The number of imide groups is 1. The third-order valence-electron chi connectivity index (χ3n) is 6.06. The molecule has 0 spiro atoms. The molecule has 2 saturated heterocycles. The van der Waals surface area contributed by atoms with Crippen molar-refractivity contribution >= 4 is 23.7 Å². The number of benzene rings is 1. The number of nitrogens with zero attached hydrogens (tertiary/aromatic N) is 3. The van der Waals surface area contributed by atoms with Crippen molar-refractivity contribution in [1.29, 1.82) is 0 Å². The van der Waals surface area contributed by atoms with E-state index >= 15 is 0 Å². The van der Waals surface area contributed by atoms with Crippen molar-refractivity contribution in [2.75, 3.05) is 39.5 Å². The largest absolute Gasteiger partial charge is 0.327 e. The second-order valence-corrected chi connectivity index (χ2v) is 8.95. The predicted octanol–water partition coefficient (Wildman–Crippen LogP) is 2.05. The van der Waals surface area contributed by atoms with Crippen molar-refractivity contribution in [2.45, 2.75) is 38.5 Å². The van der Waals surface area contributed by atoms with Crippen LogP contribution in [-0.4, -0.2) is 77.7 Å². The molecule has 2 aliphatic rings. The van der Waals surface area contributed by atoms with E-state index in [-0.39, 0.29) is 35.6 Å². The zero-order valence-electron chi connectivity index (χ0n) is 18.0. The summed E-state index contributed by atoms with van der Waals surface area (Å²) in [5.74, 6) is 0.476. The number of rotatable bonds is 7. The van der Waals surface area contributed by atoms with Crippen LogP contribution in [0, 0.1) is 12.8 Å². The molecule has 4 unspecified atom stereocenters. The number of carbonyl (C=O) groups excluding carboxylic acids is 2. The highest BCUT2D eigenvalue weighted by Gasteiger charge is 2.51. The molecule has 1 aromatic rings. The van der Waals surface area contributed by atoms with E-state index in [1.807, 2.05) is 12.1 Å². The van der Waals surface area contributed by atoms with Crippen LogP contribution in [0.15, 0.2) is 24.3 Å². The van der Waals surface area contributed by atoms with E-state index in [0.29, 0.717) is 0 Å². The van der Waals surface area contributed by atoms with Gasteiger partial charge in [-0.1, -0.05) is 38.1 Å². The van der Waals surface area contributed by atoms with Gasteiger partial charge in [-0.05, 0) is 31.1 Å². The molecule has 1 aromatic carbocycles. The van der Waals surface area contributed by atoms with Gasteiger partial charge in [0.1, 0.15) is 0 Å². The first-order valence-electron chi connectivity index (χ1n) is 10.3. The van der Waals surface area contributed by atoms with Crippen LogP contribution >= 0.6 is 11.8 Å². The van der Waals surface area contributed by atoms with Crippen molar-refractivity contribution in [3.63, 3.8) is 0 Å². The Bertz CT molecular complexity index is 742. The Balaban J connectivity index is 1.85. The van der Waals surface area contributed by atoms with Gasteiger partial charge in [-0.3, -0.25) is 20.3 Å². The summed E-state index contributed by atoms with van der Waals surface area (Å²) in [6, 6.07) is 7.96. The molecule has 3 rings (SSSR count). The van der Waals surface area contributed by atoms with Crippen molar-refractivity contribution < 1.29 is 9.59 Å². The summed E-state index contributed by atoms with van der Waals surface area (Å²) in [5, 5.41) is 7.09. The summed E-state index contributed by atoms with van der Waals surface area (Å²) in [4.78, 5) is 30.9. The van der Waals surface area contributed by atoms with E-state index in [4.69, 9.17) is 0 Å². The monoisotopic (exact) mass is 419 g/mol. The van der Waals surface area contributed by atoms with E-state index in [1.54, 1.807) is 30.8 Å². The first-order chi connectivity index (χ1) is 13.9. The molecule has 4 atom stereocenters. The number of thioether (sulfide) groups is 1. The van der Waals surface area contributed by atoms with Gasteiger partial charge >= 0.3 is 6.03 Å². The molecular formula is C21H33N5O2S. The quantitative estimate of drug-likeness (QED) is 0.705. The van der Waals surface area contributed by atoms with Crippen molar-refractivity contribution in [3.8, 4) is 0 Å². The number of fused-ring (bicyclic) bond motifs is 1. The van der Waals surface area contributed by atoms with E-state index in [2.05, 4.69) is 48.4 Å². The van der Waals surface area contributed by atoms with Gasteiger partial charge in [-0.15, -0.1) is 11.8 Å². The highest BCUT2D eigenvalue weighted by atomic mass is 32.2. The number of amides is 3. The van der Waals surface area contributed by atoms with Gasteiger partial charge in [0.15, 0.2) is 0 Å². The number of nitrogens with one attached hydrogen (secondary N) is 2. The van der Waals surface area contributed by atoms with Crippen LogP contribution in [0.2, 0.25) is 0 Å². The van der Waals surface area contributed by atoms with Crippen molar-refractivity contribution in [2.24, 2.45) is 5.92 Å². The molecule has 3 amide bonds. The van der Waals surface area contributed by atoms with Gasteiger partial charge in [0.05, 0.1) is 23.6 Å². The van der Waals surface area contributed by atoms with Crippen LogP contribution in [0.25, 0.3) is 0 Å². The average Bonchev–Trinajstić information content (AvgIpc) is 2.73. The number of carbonyl (C=O) groups is 2. The maximum atomic E-state index is 13.0. The molecule has 29 heavy (non-hydrogen) atoms. The zero-order chi connectivity index (χ0) is 21.1. The molecule has 0 aromatic heterocycles. The Morgan fingerprint density at radius 3 is 2.45 bits per heavy atom. The van der Waals surface area contributed by atoms with Gasteiger partial charge in [0.25, 0.3) is 0 Å². The number of hydrogen-bond acceptors (Lipinski definition) is 6. The fourth-order valence-corrected chi connectivity index (χ4v) is 5.46. The van der Waals surface area contributed by atoms with Gasteiger partial charge in [-0.25, -0.2) is 4.79 Å². The van der Waals surface area contributed by atoms with E-state index in [0.717, 1.165) is 31.0 Å². The Hall–Kier alpha value is -1.61. The Kier molecular flexibility index (Phi) is 7.21. The summed E-state index contributed by atoms with van der Waals surface area (Å²) < 4.78 is 0. The second-order valence-electron chi connectivity index (χ2n) is 7.70. The maximum Gasteiger partial charge on any atom is 0.327 e. The van der Waals surface area contributed by atoms with Crippen LogP contribution in [0.1, 0.15) is 31.1 Å². The van der Waals surface area contributed by atoms with Gasteiger partial charge in [0.2, 0.25) is 5.91 Å². The molecule has 2 aliphatic heterocycles. The summed E-state index contributed by atoms with van der Waals surface area (Å²) >= 11 is 1.78.